The number of hydrogen-bond acceptors (Lipinski definition) is 4. The van der Waals surface area contributed by atoms with E-state index < -0.39 is 0 Å². The molecule has 188 valence electrons. The summed E-state index contributed by atoms with van der Waals surface area (Å²) in [5.41, 5.74) is 7.16. The third-order valence-electron chi connectivity index (χ3n) is 7.67. The zero-order chi connectivity index (χ0) is 25.4. The Kier molecular flexibility index (Phi) is 6.32. The quantitative estimate of drug-likeness (QED) is 0.587. The Labute approximate surface area is 217 Å². The lowest BCUT2D eigenvalue weighted by Crippen LogP contribution is -2.43. The van der Waals surface area contributed by atoms with Crippen LogP contribution in [0.3, 0.4) is 0 Å². The summed E-state index contributed by atoms with van der Waals surface area (Å²) in [5, 5.41) is 3.05. The molecule has 3 heterocycles. The summed E-state index contributed by atoms with van der Waals surface area (Å²) in [5.74, 6) is -0.277. The van der Waals surface area contributed by atoms with Crippen molar-refractivity contribution in [3.05, 3.63) is 100 Å². The fourth-order valence-electron chi connectivity index (χ4n) is 5.45. The predicted octanol–water partition coefficient (Wildman–Crippen LogP) is 4.34. The molecule has 0 saturated carbocycles. The first kappa shape index (κ1) is 23.6. The van der Waals surface area contributed by atoms with Crippen LogP contribution >= 0.6 is 0 Å². The molecule has 1 N–H and O–H groups in total. The molecule has 0 radical (unpaired) electrons. The van der Waals surface area contributed by atoms with Crippen molar-refractivity contribution < 1.29 is 9.59 Å². The maximum Gasteiger partial charge on any atom is 0.322 e. The van der Waals surface area contributed by atoms with Crippen LogP contribution in [0.4, 0.5) is 10.5 Å². The predicted molar refractivity (Wildman–Crippen MR) is 145 cm³/mol. The Hall–Kier alpha value is -3.81. The third kappa shape index (κ3) is 4.92. The molecule has 3 aliphatic rings. The highest BCUT2D eigenvalue weighted by Crippen LogP contribution is 2.31. The minimum Gasteiger partial charge on any atom is -0.316 e. The number of aliphatic imine (C=N–C) groups is 1. The van der Waals surface area contributed by atoms with Gasteiger partial charge in [0.25, 0.3) is 5.91 Å². The third-order valence-corrected chi connectivity index (χ3v) is 7.67. The van der Waals surface area contributed by atoms with Gasteiger partial charge < -0.3 is 15.1 Å². The fraction of sp³-hybridized carbons (Fsp3) is 0.300. The van der Waals surface area contributed by atoms with E-state index in [2.05, 4.69) is 45.4 Å². The van der Waals surface area contributed by atoms with E-state index in [0.717, 1.165) is 49.5 Å². The topological polar surface area (TPSA) is 68.2 Å². The van der Waals surface area contributed by atoms with Gasteiger partial charge in [-0.05, 0) is 53.1 Å². The molecule has 0 aromatic heterocycles. The van der Waals surface area contributed by atoms with Gasteiger partial charge in [-0.2, -0.15) is 0 Å². The Bertz CT molecular complexity index is 1360. The van der Waals surface area contributed by atoms with E-state index in [4.69, 9.17) is 0 Å². The fourth-order valence-corrected chi connectivity index (χ4v) is 5.45. The van der Waals surface area contributed by atoms with Gasteiger partial charge in [-0.25, -0.2) is 9.79 Å². The summed E-state index contributed by atoms with van der Waals surface area (Å²) in [7, 11) is 2.18. The van der Waals surface area contributed by atoms with Crippen LogP contribution in [0, 0.1) is 0 Å². The zero-order valence-electron chi connectivity index (χ0n) is 21.1. The second-order valence-corrected chi connectivity index (χ2v) is 10.2. The molecule has 7 heteroatoms. The van der Waals surface area contributed by atoms with Crippen LogP contribution in [0.25, 0.3) is 0 Å². The molecule has 3 amide bonds. The first-order chi connectivity index (χ1) is 18.0. The summed E-state index contributed by atoms with van der Waals surface area (Å²) in [4.78, 5) is 36.0. The first-order valence-corrected chi connectivity index (χ1v) is 12.9. The van der Waals surface area contributed by atoms with E-state index in [0.29, 0.717) is 18.7 Å². The molecule has 1 atom stereocenters. The molecule has 0 bridgehead atoms. The molecule has 7 nitrogen and oxygen atoms in total. The number of nitrogens with zero attached hydrogens (tertiary/aromatic N) is 4. The SMILES string of the molecule is CN1CCN(Cc2ccc3c(c2)CN(C(=O)Nc2ccc(C4C=NC(=O)c5ccccc54)cc2)C3)CC1. The van der Waals surface area contributed by atoms with E-state index in [-0.39, 0.29) is 17.9 Å². The number of carbonyl (C=O) groups is 2. The molecule has 1 fully saturated rings. The van der Waals surface area contributed by atoms with Gasteiger partial charge in [0.15, 0.2) is 0 Å². The number of urea groups is 1. The number of carbonyl (C=O) groups excluding carboxylic acids is 2. The average molecular weight is 494 g/mol. The van der Waals surface area contributed by atoms with Crippen LogP contribution in [-0.4, -0.2) is 66.1 Å². The van der Waals surface area contributed by atoms with E-state index in [1.54, 1.807) is 6.21 Å². The van der Waals surface area contributed by atoms with Crippen LogP contribution in [0.1, 0.15) is 44.1 Å². The molecular formula is C30H31N5O2. The second kappa shape index (κ2) is 9.92. The molecule has 1 saturated heterocycles. The van der Waals surface area contributed by atoms with E-state index in [1.165, 1.54) is 16.7 Å². The van der Waals surface area contributed by atoms with Crippen molar-refractivity contribution >= 4 is 23.8 Å². The van der Waals surface area contributed by atoms with Gasteiger partial charge in [0, 0.05) is 69.2 Å². The van der Waals surface area contributed by atoms with E-state index in [9.17, 15) is 9.59 Å². The number of nitrogens with one attached hydrogen (secondary N) is 1. The van der Waals surface area contributed by atoms with E-state index >= 15 is 0 Å². The van der Waals surface area contributed by atoms with Gasteiger partial charge in [-0.1, -0.05) is 48.5 Å². The minimum absolute atomic E-state index is 0.0771. The normalized spacial score (nSPS) is 19.5. The second-order valence-electron chi connectivity index (χ2n) is 10.2. The number of amides is 3. The highest BCUT2D eigenvalue weighted by atomic mass is 16.2. The molecule has 1 unspecified atom stereocenters. The maximum atomic E-state index is 13.0. The van der Waals surface area contributed by atoms with Crippen molar-refractivity contribution in [3.8, 4) is 0 Å². The average Bonchev–Trinajstić information content (AvgIpc) is 3.35. The van der Waals surface area contributed by atoms with Gasteiger partial charge in [-0.3, -0.25) is 9.69 Å². The summed E-state index contributed by atoms with van der Waals surface area (Å²) in [6, 6.07) is 22.0. The van der Waals surface area contributed by atoms with Crippen molar-refractivity contribution in [1.82, 2.24) is 14.7 Å². The van der Waals surface area contributed by atoms with Crippen LogP contribution in [-0.2, 0) is 19.6 Å². The summed E-state index contributed by atoms with van der Waals surface area (Å²) in [6.07, 6.45) is 1.71. The molecule has 0 aliphatic carbocycles. The summed E-state index contributed by atoms with van der Waals surface area (Å²) >= 11 is 0. The number of benzene rings is 3. The minimum atomic E-state index is -0.200. The number of rotatable bonds is 4. The number of fused-ring (bicyclic) bond motifs is 2. The number of anilines is 1. The van der Waals surface area contributed by atoms with Crippen LogP contribution < -0.4 is 5.32 Å². The highest BCUT2D eigenvalue weighted by Gasteiger charge is 2.25. The summed E-state index contributed by atoms with van der Waals surface area (Å²) < 4.78 is 0. The largest absolute Gasteiger partial charge is 0.322 e. The van der Waals surface area contributed by atoms with Gasteiger partial charge >= 0.3 is 6.03 Å². The Morgan fingerprint density at radius 2 is 1.70 bits per heavy atom. The molecular weight excluding hydrogens is 462 g/mol. The van der Waals surface area contributed by atoms with Crippen molar-refractivity contribution in [2.75, 3.05) is 38.5 Å². The van der Waals surface area contributed by atoms with Gasteiger partial charge in [0.1, 0.15) is 0 Å². The van der Waals surface area contributed by atoms with Crippen molar-refractivity contribution in [2.24, 2.45) is 4.99 Å². The molecule has 3 aromatic carbocycles. The zero-order valence-corrected chi connectivity index (χ0v) is 21.1. The number of piperazine rings is 1. The summed E-state index contributed by atoms with van der Waals surface area (Å²) in [6.45, 7) is 6.63. The van der Waals surface area contributed by atoms with Gasteiger partial charge in [0.05, 0.1) is 0 Å². The lowest BCUT2D eigenvalue weighted by atomic mass is 9.87. The Morgan fingerprint density at radius 3 is 2.51 bits per heavy atom. The van der Waals surface area contributed by atoms with Gasteiger partial charge in [0.2, 0.25) is 0 Å². The van der Waals surface area contributed by atoms with Crippen molar-refractivity contribution in [3.63, 3.8) is 0 Å². The lowest BCUT2D eigenvalue weighted by molar-refractivity contribution is 0.1000. The highest BCUT2D eigenvalue weighted by molar-refractivity contribution is 6.05. The van der Waals surface area contributed by atoms with Crippen LogP contribution in [0.15, 0.2) is 71.7 Å². The maximum absolute atomic E-state index is 13.0. The molecule has 6 rings (SSSR count). The Morgan fingerprint density at radius 1 is 0.946 bits per heavy atom. The molecule has 37 heavy (non-hydrogen) atoms. The van der Waals surface area contributed by atoms with Crippen LogP contribution in [0.2, 0.25) is 0 Å². The molecule has 3 aliphatic heterocycles. The van der Waals surface area contributed by atoms with E-state index in [1.807, 2.05) is 53.4 Å². The Balaban J connectivity index is 1.08. The monoisotopic (exact) mass is 493 g/mol. The van der Waals surface area contributed by atoms with Crippen molar-refractivity contribution in [1.29, 1.82) is 0 Å². The first-order valence-electron chi connectivity index (χ1n) is 12.9. The smallest absolute Gasteiger partial charge is 0.316 e. The molecule has 3 aromatic rings. The standard InChI is InChI=1S/C30H31N5O2/c1-33-12-14-34(15-13-33)18-21-6-7-23-19-35(20-24(23)16-21)30(37)32-25-10-8-22(9-11-25)28-17-31-29(36)27-5-3-2-4-26(27)28/h2-11,16-17,28H,12-15,18-20H2,1H3,(H,32,37). The number of likely N-dealkylation sites (N-methyl/N-ethyl adjacent to an activating group) is 1. The molecule has 0 spiro atoms. The van der Waals surface area contributed by atoms with Crippen LogP contribution in [0.5, 0.6) is 0 Å². The number of hydrogen-bond donors (Lipinski definition) is 1. The lowest BCUT2D eigenvalue weighted by Gasteiger charge is -2.32. The van der Waals surface area contributed by atoms with Gasteiger partial charge in [-0.15, -0.1) is 0 Å². The van der Waals surface area contributed by atoms with Crippen molar-refractivity contribution in [2.45, 2.75) is 25.6 Å².